The third kappa shape index (κ3) is 9.29. The summed E-state index contributed by atoms with van der Waals surface area (Å²) >= 11 is 0. The average molecular weight is 343 g/mol. The Morgan fingerprint density at radius 1 is 0.750 bits per heavy atom. The lowest BCUT2D eigenvalue weighted by molar-refractivity contribution is -0.143. The van der Waals surface area contributed by atoms with Crippen molar-refractivity contribution in [1.29, 1.82) is 0 Å². The van der Waals surface area contributed by atoms with Crippen LogP contribution in [0.4, 0.5) is 0 Å². The minimum Gasteiger partial charge on any atom is -0.481 e. The Balaban J connectivity index is 4.49. The van der Waals surface area contributed by atoms with E-state index in [0.29, 0.717) is 0 Å². The fourth-order valence-corrected chi connectivity index (χ4v) is 3.92. The molecule has 0 aliphatic heterocycles. The number of hydrogen-bond acceptors (Lipinski definition) is 2. The summed E-state index contributed by atoms with van der Waals surface area (Å²) in [6.45, 7) is 6.37. The summed E-state index contributed by atoms with van der Waals surface area (Å²) in [7, 11) is 0. The molecule has 0 aromatic carbocycles. The van der Waals surface area contributed by atoms with Crippen molar-refractivity contribution in [2.45, 2.75) is 104 Å². The molecular weight excluding hydrogens is 304 g/mol. The van der Waals surface area contributed by atoms with Gasteiger partial charge in [-0.15, -0.1) is 0 Å². The van der Waals surface area contributed by atoms with Crippen LogP contribution in [0.2, 0.25) is 0 Å². The van der Waals surface area contributed by atoms with Crippen LogP contribution in [0.15, 0.2) is 0 Å². The summed E-state index contributed by atoms with van der Waals surface area (Å²) in [6.07, 6.45) is 12.5. The molecule has 0 fully saturated rings. The topological polar surface area (TPSA) is 74.6 Å². The van der Waals surface area contributed by atoms with Gasteiger partial charge in [-0.2, -0.15) is 0 Å². The fraction of sp³-hybridized carbons (Fsp3) is 0.900. The second-order valence-corrected chi connectivity index (χ2v) is 7.19. The third-order valence-corrected chi connectivity index (χ3v) is 5.64. The van der Waals surface area contributed by atoms with Gasteiger partial charge in [0, 0.05) is 12.8 Å². The van der Waals surface area contributed by atoms with E-state index in [2.05, 4.69) is 20.8 Å². The summed E-state index contributed by atoms with van der Waals surface area (Å²) in [5.74, 6) is -2.04. The first-order chi connectivity index (χ1) is 11.4. The van der Waals surface area contributed by atoms with Crippen LogP contribution in [0.3, 0.4) is 0 Å². The molecule has 0 aliphatic carbocycles. The van der Waals surface area contributed by atoms with Gasteiger partial charge in [0.15, 0.2) is 0 Å². The molecule has 142 valence electrons. The Hall–Kier alpha value is -1.06. The van der Waals surface area contributed by atoms with Crippen molar-refractivity contribution in [3.05, 3.63) is 0 Å². The van der Waals surface area contributed by atoms with E-state index in [0.717, 1.165) is 25.7 Å². The molecule has 0 amide bonds. The summed E-state index contributed by atoms with van der Waals surface area (Å²) in [5.41, 5.74) is -0.154. The Labute approximate surface area is 148 Å². The van der Waals surface area contributed by atoms with Crippen LogP contribution in [-0.4, -0.2) is 22.2 Å². The van der Waals surface area contributed by atoms with Crippen molar-refractivity contribution in [2.75, 3.05) is 0 Å². The zero-order valence-corrected chi connectivity index (χ0v) is 16.0. The third-order valence-electron chi connectivity index (χ3n) is 5.64. The van der Waals surface area contributed by atoms with Gasteiger partial charge in [-0.1, -0.05) is 85.0 Å². The standard InChI is InChI=1S/C20H38O4/c1-4-7-8-9-10-11-12-13-14-20(5-2,6-3)17(15-18(21)22)16-19(23)24/h17H,4-16H2,1-3H3,(H,21,22)(H,23,24). The molecule has 0 aromatic heterocycles. The molecule has 2 N–H and O–H groups in total. The predicted molar refractivity (Wildman–Crippen MR) is 98.2 cm³/mol. The van der Waals surface area contributed by atoms with Crippen molar-refractivity contribution >= 4 is 11.9 Å². The van der Waals surface area contributed by atoms with Gasteiger partial charge in [0.25, 0.3) is 0 Å². The molecule has 0 aliphatic rings. The van der Waals surface area contributed by atoms with Gasteiger partial charge in [-0.05, 0) is 17.8 Å². The van der Waals surface area contributed by atoms with E-state index in [4.69, 9.17) is 0 Å². The number of carboxylic acid groups (broad SMARTS) is 2. The van der Waals surface area contributed by atoms with E-state index in [1.807, 2.05) is 0 Å². The van der Waals surface area contributed by atoms with Gasteiger partial charge in [-0.25, -0.2) is 0 Å². The van der Waals surface area contributed by atoms with E-state index in [1.165, 1.54) is 44.9 Å². The SMILES string of the molecule is CCCCCCCCCCC(CC)(CC)C(CC(=O)O)CC(=O)O. The second-order valence-electron chi connectivity index (χ2n) is 7.19. The summed E-state index contributed by atoms with van der Waals surface area (Å²) in [4.78, 5) is 22.4. The maximum Gasteiger partial charge on any atom is 0.303 e. The van der Waals surface area contributed by atoms with Crippen LogP contribution >= 0.6 is 0 Å². The predicted octanol–water partition coefficient (Wildman–Crippen LogP) is 5.89. The highest BCUT2D eigenvalue weighted by atomic mass is 16.4. The van der Waals surface area contributed by atoms with Crippen molar-refractivity contribution < 1.29 is 19.8 Å². The Morgan fingerprint density at radius 2 is 1.17 bits per heavy atom. The number of aliphatic carboxylic acids is 2. The first-order valence-electron chi connectivity index (χ1n) is 9.85. The number of unbranched alkanes of at least 4 members (excludes halogenated alkanes) is 7. The quantitative estimate of drug-likeness (QED) is 0.343. The maximum absolute atomic E-state index is 11.2. The zero-order chi connectivity index (χ0) is 18.4. The molecule has 0 saturated heterocycles. The molecule has 4 heteroatoms. The lowest BCUT2D eigenvalue weighted by Gasteiger charge is -2.39. The van der Waals surface area contributed by atoms with Crippen LogP contribution < -0.4 is 0 Å². The van der Waals surface area contributed by atoms with Gasteiger partial charge < -0.3 is 10.2 Å². The first-order valence-corrected chi connectivity index (χ1v) is 9.85. The molecule has 0 heterocycles. The van der Waals surface area contributed by atoms with Crippen LogP contribution in [0.1, 0.15) is 104 Å². The van der Waals surface area contributed by atoms with E-state index in [9.17, 15) is 19.8 Å². The van der Waals surface area contributed by atoms with Gasteiger partial charge in [0.1, 0.15) is 0 Å². The molecule has 0 unspecified atom stereocenters. The molecule has 4 nitrogen and oxygen atoms in total. The zero-order valence-electron chi connectivity index (χ0n) is 16.0. The summed E-state index contributed by atoms with van der Waals surface area (Å²) in [6, 6.07) is 0. The highest BCUT2D eigenvalue weighted by Crippen LogP contribution is 2.44. The minimum atomic E-state index is -0.886. The molecule has 24 heavy (non-hydrogen) atoms. The Morgan fingerprint density at radius 3 is 1.54 bits per heavy atom. The molecule has 0 radical (unpaired) electrons. The lowest BCUT2D eigenvalue weighted by atomic mass is 9.65. The molecule has 0 rings (SSSR count). The normalized spacial score (nSPS) is 11.8. The average Bonchev–Trinajstić information content (AvgIpc) is 2.52. The number of carbonyl (C=O) groups is 2. The highest BCUT2D eigenvalue weighted by Gasteiger charge is 2.37. The monoisotopic (exact) mass is 342 g/mol. The van der Waals surface area contributed by atoms with Crippen molar-refractivity contribution in [2.24, 2.45) is 11.3 Å². The van der Waals surface area contributed by atoms with Crippen LogP contribution in [0.5, 0.6) is 0 Å². The lowest BCUT2D eigenvalue weighted by Crippen LogP contribution is -2.33. The van der Waals surface area contributed by atoms with Gasteiger partial charge in [0.2, 0.25) is 0 Å². The van der Waals surface area contributed by atoms with E-state index in [1.54, 1.807) is 0 Å². The van der Waals surface area contributed by atoms with Crippen LogP contribution in [0, 0.1) is 11.3 Å². The Kier molecular flexibility index (Phi) is 12.7. The Bertz CT molecular complexity index is 332. The molecule has 0 spiro atoms. The van der Waals surface area contributed by atoms with Crippen molar-refractivity contribution in [1.82, 2.24) is 0 Å². The number of carboxylic acids is 2. The maximum atomic E-state index is 11.2. The van der Waals surface area contributed by atoms with E-state index < -0.39 is 11.9 Å². The fourth-order valence-electron chi connectivity index (χ4n) is 3.92. The summed E-state index contributed by atoms with van der Waals surface area (Å²) < 4.78 is 0. The molecular formula is C20H38O4. The minimum absolute atomic E-state index is 0.0367. The summed E-state index contributed by atoms with van der Waals surface area (Å²) in [5, 5.41) is 18.3. The number of rotatable bonds is 16. The molecule has 0 bridgehead atoms. The largest absolute Gasteiger partial charge is 0.481 e. The first kappa shape index (κ1) is 22.9. The van der Waals surface area contributed by atoms with Crippen LogP contribution in [-0.2, 0) is 9.59 Å². The van der Waals surface area contributed by atoms with Gasteiger partial charge in [-0.3, -0.25) is 9.59 Å². The number of hydrogen-bond donors (Lipinski definition) is 2. The molecule has 0 atom stereocenters. The van der Waals surface area contributed by atoms with E-state index in [-0.39, 0.29) is 24.2 Å². The van der Waals surface area contributed by atoms with Crippen molar-refractivity contribution in [3.8, 4) is 0 Å². The smallest absolute Gasteiger partial charge is 0.303 e. The van der Waals surface area contributed by atoms with Gasteiger partial charge >= 0.3 is 11.9 Å². The molecule has 0 aromatic rings. The van der Waals surface area contributed by atoms with Crippen LogP contribution in [0.25, 0.3) is 0 Å². The van der Waals surface area contributed by atoms with Crippen molar-refractivity contribution in [3.63, 3.8) is 0 Å². The van der Waals surface area contributed by atoms with Gasteiger partial charge in [0.05, 0.1) is 0 Å². The highest BCUT2D eigenvalue weighted by molar-refractivity contribution is 5.71. The second kappa shape index (κ2) is 13.3. The molecule has 0 saturated carbocycles. The van der Waals surface area contributed by atoms with E-state index >= 15 is 0 Å².